The number of hydrogen-bond acceptors (Lipinski definition) is 2. The Morgan fingerprint density at radius 2 is 2.18 bits per heavy atom. The topological polar surface area (TPSA) is 21.3 Å². The van der Waals surface area contributed by atoms with Crippen LogP contribution in [0.2, 0.25) is 0 Å². The Balaban J connectivity index is 2.33. The van der Waals surface area contributed by atoms with Crippen molar-refractivity contribution in [2.24, 2.45) is 0 Å². The van der Waals surface area contributed by atoms with Crippen molar-refractivity contribution in [3.8, 4) is 5.75 Å². The van der Waals surface area contributed by atoms with E-state index in [-0.39, 0.29) is 0 Å². The molecule has 0 spiro atoms. The first-order valence-electron chi connectivity index (χ1n) is 5.99. The third-order valence-corrected chi connectivity index (χ3v) is 2.95. The Labute approximate surface area is 103 Å². The van der Waals surface area contributed by atoms with Crippen molar-refractivity contribution in [2.45, 2.75) is 19.8 Å². The van der Waals surface area contributed by atoms with E-state index < -0.39 is 0 Å². The molecule has 1 aromatic rings. The smallest absolute Gasteiger partial charge is 0.122 e. The summed E-state index contributed by atoms with van der Waals surface area (Å²) in [6.45, 7) is 5.29. The molecule has 0 saturated carbocycles. The fourth-order valence-corrected chi connectivity index (χ4v) is 2.01. The summed E-state index contributed by atoms with van der Waals surface area (Å²) in [5, 5.41) is 3.18. The van der Waals surface area contributed by atoms with Gasteiger partial charge in [-0.3, -0.25) is 0 Å². The monoisotopic (exact) mass is 229 g/mol. The first kappa shape index (κ1) is 11.8. The zero-order chi connectivity index (χ0) is 12.3. The van der Waals surface area contributed by atoms with E-state index in [9.17, 15) is 0 Å². The van der Waals surface area contributed by atoms with Gasteiger partial charge in [0, 0.05) is 6.54 Å². The van der Waals surface area contributed by atoms with E-state index >= 15 is 0 Å². The van der Waals surface area contributed by atoms with Crippen molar-refractivity contribution in [3.05, 3.63) is 47.2 Å². The van der Waals surface area contributed by atoms with Crippen molar-refractivity contribution >= 4 is 6.08 Å². The van der Waals surface area contributed by atoms with Crippen LogP contribution in [0.3, 0.4) is 0 Å². The zero-order valence-corrected chi connectivity index (χ0v) is 10.7. The summed E-state index contributed by atoms with van der Waals surface area (Å²) in [6, 6.07) is 6.36. The van der Waals surface area contributed by atoms with Crippen LogP contribution in [0.1, 0.15) is 30.9 Å². The Morgan fingerprint density at radius 1 is 1.35 bits per heavy atom. The minimum absolute atomic E-state index is 0.473. The average Bonchev–Trinajstić information content (AvgIpc) is 2.81. The molecule has 1 heterocycles. The number of rotatable bonds is 3. The minimum Gasteiger partial charge on any atom is -0.496 e. The zero-order valence-electron chi connectivity index (χ0n) is 10.7. The molecule has 2 rings (SSSR count). The molecule has 0 saturated heterocycles. The maximum atomic E-state index is 5.38. The molecule has 0 aromatic heterocycles. The van der Waals surface area contributed by atoms with Crippen LogP contribution >= 0.6 is 0 Å². The number of ether oxygens (including phenoxy) is 1. The Hall–Kier alpha value is -1.70. The predicted molar refractivity (Wildman–Crippen MR) is 72.2 cm³/mol. The van der Waals surface area contributed by atoms with Crippen LogP contribution in [0.15, 0.2) is 36.0 Å². The van der Waals surface area contributed by atoms with Crippen LogP contribution in [0.4, 0.5) is 0 Å². The molecule has 0 amide bonds. The molecule has 2 heteroatoms. The van der Waals surface area contributed by atoms with Gasteiger partial charge < -0.3 is 10.1 Å². The molecule has 0 unspecified atom stereocenters. The van der Waals surface area contributed by atoms with Crippen LogP contribution in [-0.4, -0.2) is 13.7 Å². The van der Waals surface area contributed by atoms with Gasteiger partial charge in [-0.1, -0.05) is 19.9 Å². The van der Waals surface area contributed by atoms with Crippen LogP contribution in [0.5, 0.6) is 5.75 Å². The predicted octanol–water partition coefficient (Wildman–Crippen LogP) is 3.32. The highest BCUT2D eigenvalue weighted by Gasteiger charge is 2.08. The van der Waals surface area contributed by atoms with Gasteiger partial charge >= 0.3 is 0 Å². The lowest BCUT2D eigenvalue weighted by Gasteiger charge is -2.12. The van der Waals surface area contributed by atoms with Gasteiger partial charge in [-0.15, -0.1) is 0 Å². The van der Waals surface area contributed by atoms with Gasteiger partial charge in [-0.25, -0.2) is 0 Å². The van der Waals surface area contributed by atoms with Crippen LogP contribution in [0.25, 0.3) is 6.08 Å². The molecule has 0 bridgehead atoms. The number of benzene rings is 1. The molecule has 0 radical (unpaired) electrons. The summed E-state index contributed by atoms with van der Waals surface area (Å²) in [4.78, 5) is 0. The van der Waals surface area contributed by atoms with E-state index in [2.05, 4.69) is 43.4 Å². The maximum Gasteiger partial charge on any atom is 0.122 e. The van der Waals surface area contributed by atoms with E-state index in [4.69, 9.17) is 4.74 Å². The molecular weight excluding hydrogens is 210 g/mol. The summed E-state index contributed by atoms with van der Waals surface area (Å²) in [6.07, 6.45) is 6.31. The Kier molecular flexibility index (Phi) is 3.52. The normalized spacial score (nSPS) is 16.6. The molecule has 0 aliphatic carbocycles. The molecule has 90 valence electrons. The third kappa shape index (κ3) is 2.70. The summed E-state index contributed by atoms with van der Waals surface area (Å²) in [5.41, 5.74) is 3.81. The third-order valence-electron chi connectivity index (χ3n) is 2.95. The highest BCUT2D eigenvalue weighted by atomic mass is 16.5. The van der Waals surface area contributed by atoms with Gasteiger partial charge in [0.25, 0.3) is 0 Å². The van der Waals surface area contributed by atoms with Gasteiger partial charge in [-0.05, 0) is 53.1 Å². The number of hydrogen-bond donors (Lipinski definition) is 1. The molecule has 1 N–H and O–H groups in total. The Morgan fingerprint density at radius 3 is 2.76 bits per heavy atom. The second kappa shape index (κ2) is 5.09. The average molecular weight is 229 g/mol. The molecule has 0 atom stereocenters. The van der Waals surface area contributed by atoms with E-state index in [1.54, 1.807) is 7.11 Å². The first-order valence-corrected chi connectivity index (χ1v) is 5.99. The largest absolute Gasteiger partial charge is 0.496 e. The number of methoxy groups -OCH3 is 1. The highest BCUT2D eigenvalue weighted by molar-refractivity contribution is 5.60. The fourth-order valence-electron chi connectivity index (χ4n) is 2.01. The van der Waals surface area contributed by atoms with Gasteiger partial charge in [0.2, 0.25) is 0 Å². The summed E-state index contributed by atoms with van der Waals surface area (Å²) >= 11 is 0. The van der Waals surface area contributed by atoms with E-state index in [0.29, 0.717) is 5.92 Å². The van der Waals surface area contributed by atoms with E-state index in [0.717, 1.165) is 12.3 Å². The maximum absolute atomic E-state index is 5.38. The summed E-state index contributed by atoms with van der Waals surface area (Å²) in [7, 11) is 1.73. The molecule has 1 aliphatic heterocycles. The molecule has 2 nitrogen and oxygen atoms in total. The van der Waals surface area contributed by atoms with Crippen LogP contribution in [0, 0.1) is 0 Å². The summed E-state index contributed by atoms with van der Waals surface area (Å²) < 4.78 is 5.38. The lowest BCUT2D eigenvalue weighted by atomic mass is 9.98. The van der Waals surface area contributed by atoms with Gasteiger partial charge in [0.15, 0.2) is 0 Å². The van der Waals surface area contributed by atoms with Gasteiger partial charge in [0.1, 0.15) is 5.75 Å². The Bertz CT molecular complexity index is 458. The van der Waals surface area contributed by atoms with Crippen molar-refractivity contribution in [3.63, 3.8) is 0 Å². The SMILES string of the molecule is COc1ccc(C=C2C=CNC2)cc1C(C)C. The minimum atomic E-state index is 0.473. The lowest BCUT2D eigenvalue weighted by Crippen LogP contribution is -2.00. The highest BCUT2D eigenvalue weighted by Crippen LogP contribution is 2.28. The van der Waals surface area contributed by atoms with Gasteiger partial charge in [-0.2, -0.15) is 0 Å². The van der Waals surface area contributed by atoms with E-state index in [1.807, 2.05) is 12.3 Å². The van der Waals surface area contributed by atoms with Crippen molar-refractivity contribution in [2.75, 3.05) is 13.7 Å². The second-order valence-electron chi connectivity index (χ2n) is 4.59. The standard InChI is InChI=1S/C15H19NO/c1-11(2)14-9-12(4-5-15(14)17-3)8-13-6-7-16-10-13/h4-9,11,16H,10H2,1-3H3. The van der Waals surface area contributed by atoms with Crippen LogP contribution < -0.4 is 10.1 Å². The molecule has 0 fully saturated rings. The number of nitrogens with one attached hydrogen (secondary N) is 1. The first-order chi connectivity index (χ1) is 8.20. The molecular formula is C15H19NO. The van der Waals surface area contributed by atoms with E-state index in [1.165, 1.54) is 16.7 Å². The van der Waals surface area contributed by atoms with Crippen molar-refractivity contribution < 1.29 is 4.74 Å². The van der Waals surface area contributed by atoms with Crippen LogP contribution in [-0.2, 0) is 0 Å². The fraction of sp³-hybridized carbons (Fsp3) is 0.333. The molecule has 17 heavy (non-hydrogen) atoms. The van der Waals surface area contributed by atoms with Gasteiger partial charge in [0.05, 0.1) is 7.11 Å². The lowest BCUT2D eigenvalue weighted by molar-refractivity contribution is 0.407. The molecule has 1 aliphatic rings. The molecule has 1 aromatic carbocycles. The summed E-state index contributed by atoms with van der Waals surface area (Å²) in [5.74, 6) is 1.45. The van der Waals surface area contributed by atoms with Crippen molar-refractivity contribution in [1.82, 2.24) is 5.32 Å². The second-order valence-corrected chi connectivity index (χ2v) is 4.59. The van der Waals surface area contributed by atoms with Crippen molar-refractivity contribution in [1.29, 1.82) is 0 Å². The quantitative estimate of drug-likeness (QED) is 0.858.